The first-order chi connectivity index (χ1) is 43.7. The summed E-state index contributed by atoms with van der Waals surface area (Å²) in [6, 6.07) is 126. The molecule has 14 aromatic rings. The monoisotopic (exact) mass is 1160 g/mol. The Bertz CT molecular complexity index is 4440. The molecule has 12 aromatic carbocycles. The topological polar surface area (TPSA) is 13.0 Å². The number of hydrogen-bond donors (Lipinski definition) is 0. The van der Waals surface area contributed by atoms with Gasteiger partial charge in [-0.15, -0.1) is 22.7 Å². The van der Waals surface area contributed by atoms with Crippen molar-refractivity contribution in [3.05, 3.63) is 383 Å². The molecule has 0 atom stereocenters. The molecule has 0 bridgehead atoms. The maximum atomic E-state index is 2.60. The molecule has 6 heteroatoms. The van der Waals surface area contributed by atoms with E-state index in [2.05, 4.69) is 359 Å². The van der Waals surface area contributed by atoms with Crippen LogP contribution in [0.15, 0.2) is 340 Å². The van der Waals surface area contributed by atoms with Gasteiger partial charge in [0.25, 0.3) is 0 Å². The van der Waals surface area contributed by atoms with E-state index in [0.29, 0.717) is 0 Å². The molecule has 0 saturated carbocycles. The Morgan fingerprint density at radius 3 is 0.841 bits per heavy atom. The van der Waals surface area contributed by atoms with Gasteiger partial charge in [-0.05, 0) is 165 Å². The third-order valence-corrected chi connectivity index (χ3v) is 20.5. The molecule has 2 aliphatic heterocycles. The summed E-state index contributed by atoms with van der Waals surface area (Å²) < 4.78 is 0. The second-order valence-corrected chi connectivity index (χ2v) is 24.8. The van der Waals surface area contributed by atoms with E-state index in [1.54, 1.807) is 0 Å². The average Bonchev–Trinajstić information content (AvgIpc) is 1.26. The summed E-state index contributed by atoms with van der Waals surface area (Å²) in [6.07, 6.45) is 0. The average molecular weight is 1160 g/mol. The molecule has 0 fully saturated rings. The van der Waals surface area contributed by atoms with Crippen LogP contribution in [-0.4, -0.2) is 0 Å². The van der Waals surface area contributed by atoms with E-state index in [0.717, 1.165) is 78.0 Å². The highest BCUT2D eigenvalue weighted by Crippen LogP contribution is 2.72. The van der Waals surface area contributed by atoms with Gasteiger partial charge >= 0.3 is 0 Å². The zero-order valence-corrected chi connectivity index (χ0v) is 49.6. The van der Waals surface area contributed by atoms with Gasteiger partial charge in [-0.3, -0.25) is 0 Å². The fraction of sp³-hybridized carbons (Fsp3) is 0.0244. The molecule has 3 aliphatic rings. The van der Waals surface area contributed by atoms with Gasteiger partial charge < -0.3 is 19.6 Å². The summed E-state index contributed by atoms with van der Waals surface area (Å²) in [4.78, 5) is 12.6. The van der Waals surface area contributed by atoms with Crippen LogP contribution in [0.4, 0.5) is 66.9 Å². The molecular formula is C82H56N4S2. The number of anilines is 12. The van der Waals surface area contributed by atoms with E-state index in [1.165, 1.54) is 54.3 Å². The molecule has 0 saturated heterocycles. The van der Waals surface area contributed by atoms with Gasteiger partial charge in [-0.25, -0.2) is 0 Å². The Balaban J connectivity index is 1.04. The van der Waals surface area contributed by atoms with E-state index >= 15 is 0 Å². The number of thiophene rings is 2. The lowest BCUT2D eigenvalue weighted by Crippen LogP contribution is -2.47. The van der Waals surface area contributed by atoms with Crippen LogP contribution in [-0.2, 0) is 10.8 Å². The van der Waals surface area contributed by atoms with Crippen molar-refractivity contribution in [3.63, 3.8) is 0 Å². The summed E-state index contributed by atoms with van der Waals surface area (Å²) in [6.45, 7) is 0. The molecule has 0 unspecified atom stereocenters. The van der Waals surface area contributed by atoms with Crippen LogP contribution in [0.3, 0.4) is 0 Å². The van der Waals surface area contributed by atoms with Crippen molar-refractivity contribution in [1.29, 1.82) is 0 Å². The maximum Gasteiger partial charge on any atom is 0.101 e. The highest BCUT2D eigenvalue weighted by Gasteiger charge is 2.61. The van der Waals surface area contributed by atoms with Crippen LogP contribution < -0.4 is 19.6 Å². The Morgan fingerprint density at radius 1 is 0.227 bits per heavy atom. The molecule has 0 radical (unpaired) electrons. The quantitative estimate of drug-likeness (QED) is 0.135. The van der Waals surface area contributed by atoms with Gasteiger partial charge in [-0.1, -0.05) is 231 Å². The van der Waals surface area contributed by atoms with E-state index in [4.69, 9.17) is 0 Å². The SMILES string of the molecule is c1ccc(-c2cccc(N(c3ccccc3)c3cc4c(s3)C3(c5ccccc5N(c5ccccc5)c5ccccc53)c3cc(N(c5ccccc5)c5cccc(-c6ccccc6)c5)sc3C43c4ccccc4N(c4ccccc4)c4ccccc43)c2)cc1. The number of benzene rings is 12. The highest BCUT2D eigenvalue weighted by atomic mass is 32.1. The Hall–Kier alpha value is -10.8. The molecule has 2 aromatic heterocycles. The first-order valence-electron chi connectivity index (χ1n) is 30.1. The predicted molar refractivity (Wildman–Crippen MR) is 369 cm³/mol. The van der Waals surface area contributed by atoms with Crippen LogP contribution in [0, 0.1) is 0 Å². The molecule has 2 spiro atoms. The van der Waals surface area contributed by atoms with Crippen LogP contribution in [0.25, 0.3) is 22.3 Å². The molecule has 1 aliphatic carbocycles. The second-order valence-electron chi connectivity index (χ2n) is 22.7. The number of para-hydroxylation sites is 8. The van der Waals surface area contributed by atoms with Crippen molar-refractivity contribution < 1.29 is 0 Å². The van der Waals surface area contributed by atoms with Crippen molar-refractivity contribution >= 4 is 89.5 Å². The Kier molecular flexibility index (Phi) is 12.3. The summed E-state index contributed by atoms with van der Waals surface area (Å²) in [5, 5.41) is 2.25. The van der Waals surface area contributed by atoms with Crippen molar-refractivity contribution in [3.8, 4) is 22.3 Å². The largest absolute Gasteiger partial charge is 0.310 e. The normalized spacial score (nSPS) is 13.6. The van der Waals surface area contributed by atoms with Gasteiger partial charge in [0, 0.05) is 43.9 Å². The third-order valence-electron chi connectivity index (χ3n) is 18.0. The molecule has 4 nitrogen and oxygen atoms in total. The fourth-order valence-electron chi connectivity index (χ4n) is 14.5. The standard InChI is InChI=1S/C82H56N4S2/c1-7-29-57(30-8-1)59-33-27-43-65(53-59)83(61-35-11-3-12-36-61)77-55-71-79(87-77)82(69-47-21-25-51-75(69)86(64-41-17-6-18-42-64)76-52-26-22-48-70(76)82)72-56-78(84(62-37-13-4-14-38-62)66-44-28-34-60(54-66)58-31-9-2-10-32-58)88-80(72)81(71)67-45-19-23-49-73(67)85(63-39-15-5-16-40-63)74-50-24-20-46-68(74)81/h1-56H. The van der Waals surface area contributed by atoms with Crippen LogP contribution in [0.2, 0.25) is 0 Å². The lowest BCUT2D eigenvalue weighted by Gasteiger charge is -2.53. The van der Waals surface area contributed by atoms with Crippen LogP contribution in [0.1, 0.15) is 43.1 Å². The smallest absolute Gasteiger partial charge is 0.101 e. The van der Waals surface area contributed by atoms with E-state index in [-0.39, 0.29) is 0 Å². The summed E-state index contributed by atoms with van der Waals surface area (Å²) >= 11 is 3.87. The molecule has 0 amide bonds. The van der Waals surface area contributed by atoms with E-state index in [9.17, 15) is 0 Å². The molecule has 4 heterocycles. The van der Waals surface area contributed by atoms with Gasteiger partial charge in [0.1, 0.15) is 10.0 Å². The second kappa shape index (κ2) is 21.0. The predicted octanol–water partition coefficient (Wildman–Crippen LogP) is 22.7. The lowest BCUT2D eigenvalue weighted by molar-refractivity contribution is 0.634. The Morgan fingerprint density at radius 2 is 0.500 bits per heavy atom. The van der Waals surface area contributed by atoms with Crippen molar-refractivity contribution in [2.24, 2.45) is 0 Å². The molecule has 0 N–H and O–H groups in total. The number of hydrogen-bond acceptors (Lipinski definition) is 6. The summed E-state index contributed by atoms with van der Waals surface area (Å²) in [5.41, 5.74) is 21.5. The highest BCUT2D eigenvalue weighted by molar-refractivity contribution is 7.18. The minimum Gasteiger partial charge on any atom is -0.310 e. The Labute approximate surface area is 521 Å². The molecular weight excluding hydrogens is 1110 g/mol. The lowest BCUT2D eigenvalue weighted by atomic mass is 9.53. The van der Waals surface area contributed by atoms with Crippen molar-refractivity contribution in [1.82, 2.24) is 0 Å². The van der Waals surface area contributed by atoms with Gasteiger partial charge in [-0.2, -0.15) is 0 Å². The van der Waals surface area contributed by atoms with Crippen LogP contribution >= 0.6 is 22.7 Å². The van der Waals surface area contributed by atoms with E-state index in [1.807, 2.05) is 22.7 Å². The van der Waals surface area contributed by atoms with E-state index < -0.39 is 10.8 Å². The number of rotatable bonds is 10. The zero-order valence-electron chi connectivity index (χ0n) is 47.9. The maximum absolute atomic E-state index is 2.60. The molecule has 416 valence electrons. The first kappa shape index (κ1) is 51.6. The molecule has 17 rings (SSSR count). The summed E-state index contributed by atoms with van der Waals surface area (Å²) in [7, 11) is 0. The van der Waals surface area contributed by atoms with Gasteiger partial charge in [0.05, 0.1) is 33.6 Å². The van der Waals surface area contributed by atoms with Crippen molar-refractivity contribution in [2.45, 2.75) is 10.8 Å². The van der Waals surface area contributed by atoms with Gasteiger partial charge in [0.2, 0.25) is 0 Å². The number of fused-ring (bicyclic) bond motifs is 14. The zero-order chi connectivity index (χ0) is 58.2. The first-order valence-corrected chi connectivity index (χ1v) is 31.7. The van der Waals surface area contributed by atoms with Crippen LogP contribution in [0.5, 0.6) is 0 Å². The molecule has 88 heavy (non-hydrogen) atoms. The third kappa shape index (κ3) is 7.89. The minimum absolute atomic E-state index is 0.866. The number of nitrogens with zero attached hydrogens (tertiary/aromatic N) is 4. The van der Waals surface area contributed by atoms with Crippen molar-refractivity contribution in [2.75, 3.05) is 19.6 Å². The minimum atomic E-state index is -0.866. The summed E-state index contributed by atoms with van der Waals surface area (Å²) in [5.74, 6) is 0. The van der Waals surface area contributed by atoms with Gasteiger partial charge in [0.15, 0.2) is 0 Å². The fourth-order valence-corrected chi connectivity index (χ4v) is 17.5.